The molecule has 0 amide bonds. The van der Waals surface area contributed by atoms with Crippen molar-refractivity contribution in [1.82, 2.24) is 0 Å². The first-order chi connectivity index (χ1) is 9.74. The molecule has 0 saturated carbocycles. The van der Waals surface area contributed by atoms with Crippen molar-refractivity contribution in [3.05, 3.63) is 0 Å². The van der Waals surface area contributed by atoms with Crippen LogP contribution < -0.4 is 0 Å². The standard InChI is InChI=1S/C19H42P/c1-5-9-12-13-14-15-19-20(16-8-4,17-10-6-2)18-11-7-3/h5-19H2,1-4H3/q+1. The van der Waals surface area contributed by atoms with Crippen molar-refractivity contribution in [3.63, 3.8) is 0 Å². The van der Waals surface area contributed by atoms with Crippen LogP contribution in [0.3, 0.4) is 0 Å². The van der Waals surface area contributed by atoms with E-state index >= 15 is 0 Å². The highest BCUT2D eigenvalue weighted by Gasteiger charge is 2.34. The fraction of sp³-hybridized carbons (Fsp3) is 1.00. The van der Waals surface area contributed by atoms with Gasteiger partial charge in [-0.25, -0.2) is 0 Å². The van der Waals surface area contributed by atoms with Gasteiger partial charge in [-0.05, 0) is 32.1 Å². The summed E-state index contributed by atoms with van der Waals surface area (Å²) in [6.07, 6.45) is 22.4. The molecule has 0 rings (SSSR count). The Morgan fingerprint density at radius 1 is 0.400 bits per heavy atom. The Bertz CT molecular complexity index is 180. The van der Waals surface area contributed by atoms with E-state index in [9.17, 15) is 0 Å². The minimum atomic E-state index is -0.585. The number of rotatable bonds is 15. The second-order valence-corrected chi connectivity index (χ2v) is 11.2. The Morgan fingerprint density at radius 3 is 1.35 bits per heavy atom. The van der Waals surface area contributed by atoms with E-state index in [0.29, 0.717) is 0 Å². The van der Waals surface area contributed by atoms with Gasteiger partial charge in [-0.15, -0.1) is 0 Å². The van der Waals surface area contributed by atoms with Gasteiger partial charge in [0.2, 0.25) is 0 Å². The second-order valence-electron chi connectivity index (χ2n) is 6.71. The molecule has 0 aromatic carbocycles. The molecule has 0 aliphatic rings. The van der Waals surface area contributed by atoms with Crippen molar-refractivity contribution in [2.75, 3.05) is 24.6 Å². The summed E-state index contributed by atoms with van der Waals surface area (Å²) in [5.41, 5.74) is 0. The SMILES string of the molecule is CCCCCCCC[P+](CCC)(CCCC)CCCC. The van der Waals surface area contributed by atoms with Crippen molar-refractivity contribution < 1.29 is 0 Å². The smallest absolute Gasteiger partial charge is 0.0594 e. The monoisotopic (exact) mass is 301 g/mol. The van der Waals surface area contributed by atoms with E-state index in [-0.39, 0.29) is 0 Å². The predicted octanol–water partition coefficient (Wildman–Crippen LogP) is 7.37. The zero-order chi connectivity index (χ0) is 15.1. The molecule has 0 aliphatic heterocycles. The Morgan fingerprint density at radius 2 is 0.850 bits per heavy atom. The van der Waals surface area contributed by atoms with Gasteiger partial charge in [-0.1, -0.05) is 66.2 Å². The normalized spacial score (nSPS) is 12.0. The third kappa shape index (κ3) is 10.2. The summed E-state index contributed by atoms with van der Waals surface area (Å²) in [7, 11) is -0.585. The van der Waals surface area contributed by atoms with Gasteiger partial charge in [0.05, 0.1) is 24.6 Å². The van der Waals surface area contributed by atoms with Crippen LogP contribution in [0, 0.1) is 0 Å². The lowest BCUT2D eigenvalue weighted by molar-refractivity contribution is 0.624. The number of hydrogen-bond donors (Lipinski definition) is 0. The number of hydrogen-bond acceptors (Lipinski definition) is 0. The van der Waals surface area contributed by atoms with E-state index < -0.39 is 7.26 Å². The average Bonchev–Trinajstić information content (AvgIpc) is 2.46. The summed E-state index contributed by atoms with van der Waals surface area (Å²) < 4.78 is 0. The van der Waals surface area contributed by atoms with E-state index in [2.05, 4.69) is 27.7 Å². The molecule has 0 aromatic heterocycles. The fourth-order valence-corrected chi connectivity index (χ4v) is 8.52. The lowest BCUT2D eigenvalue weighted by Crippen LogP contribution is -2.12. The molecule has 0 fully saturated rings. The van der Waals surface area contributed by atoms with Crippen LogP contribution in [0.15, 0.2) is 0 Å². The van der Waals surface area contributed by atoms with E-state index in [4.69, 9.17) is 0 Å². The highest BCUT2D eigenvalue weighted by atomic mass is 31.2. The zero-order valence-electron chi connectivity index (χ0n) is 15.1. The lowest BCUT2D eigenvalue weighted by Gasteiger charge is -2.27. The fourth-order valence-electron chi connectivity index (χ4n) is 3.36. The molecule has 0 unspecified atom stereocenters. The Labute approximate surface area is 130 Å². The summed E-state index contributed by atoms with van der Waals surface area (Å²) >= 11 is 0. The van der Waals surface area contributed by atoms with Crippen molar-refractivity contribution in [1.29, 1.82) is 0 Å². The van der Waals surface area contributed by atoms with Gasteiger partial charge in [-0.3, -0.25) is 0 Å². The van der Waals surface area contributed by atoms with Crippen LogP contribution in [-0.4, -0.2) is 24.6 Å². The molecule has 0 saturated heterocycles. The van der Waals surface area contributed by atoms with Crippen molar-refractivity contribution >= 4 is 7.26 Å². The molecule has 0 aromatic rings. The molecule has 1 heteroatoms. The van der Waals surface area contributed by atoms with Gasteiger partial charge in [0.1, 0.15) is 0 Å². The molecule has 0 nitrogen and oxygen atoms in total. The quantitative estimate of drug-likeness (QED) is 0.219. The summed E-state index contributed by atoms with van der Waals surface area (Å²) in [5.74, 6) is 0. The van der Waals surface area contributed by atoms with Gasteiger partial charge in [0.15, 0.2) is 0 Å². The molecular formula is C19H42P+. The third-order valence-corrected chi connectivity index (χ3v) is 9.85. The Balaban J connectivity index is 4.17. The van der Waals surface area contributed by atoms with E-state index in [1.165, 1.54) is 70.6 Å². The van der Waals surface area contributed by atoms with E-state index in [0.717, 1.165) is 0 Å². The maximum absolute atomic E-state index is 2.41. The van der Waals surface area contributed by atoms with Crippen LogP contribution >= 0.6 is 7.26 Å². The first-order valence-electron chi connectivity index (χ1n) is 9.59. The first kappa shape index (κ1) is 20.4. The molecule has 122 valence electrons. The van der Waals surface area contributed by atoms with Crippen molar-refractivity contribution in [2.24, 2.45) is 0 Å². The summed E-state index contributed by atoms with van der Waals surface area (Å²) in [6.45, 7) is 9.46. The molecular weight excluding hydrogens is 259 g/mol. The Hall–Kier alpha value is 0.430. The van der Waals surface area contributed by atoms with Gasteiger partial charge >= 0.3 is 0 Å². The van der Waals surface area contributed by atoms with Crippen LogP contribution in [0.1, 0.15) is 98.3 Å². The summed E-state index contributed by atoms with van der Waals surface area (Å²) in [4.78, 5) is 0. The predicted molar refractivity (Wildman–Crippen MR) is 99.9 cm³/mol. The zero-order valence-corrected chi connectivity index (χ0v) is 15.9. The highest BCUT2D eigenvalue weighted by Crippen LogP contribution is 2.61. The molecule has 0 aliphatic carbocycles. The molecule has 0 atom stereocenters. The van der Waals surface area contributed by atoms with Crippen LogP contribution in [0.4, 0.5) is 0 Å². The van der Waals surface area contributed by atoms with Gasteiger partial charge in [0.25, 0.3) is 0 Å². The lowest BCUT2D eigenvalue weighted by atomic mass is 10.1. The van der Waals surface area contributed by atoms with Crippen LogP contribution in [0.2, 0.25) is 0 Å². The van der Waals surface area contributed by atoms with Gasteiger partial charge < -0.3 is 0 Å². The third-order valence-electron chi connectivity index (χ3n) is 4.66. The summed E-state index contributed by atoms with van der Waals surface area (Å²) in [5, 5.41) is 0. The maximum atomic E-state index is 2.41. The topological polar surface area (TPSA) is 0 Å². The van der Waals surface area contributed by atoms with Crippen molar-refractivity contribution in [2.45, 2.75) is 98.3 Å². The molecule has 0 bridgehead atoms. The molecule has 20 heavy (non-hydrogen) atoms. The van der Waals surface area contributed by atoms with Gasteiger partial charge in [-0.2, -0.15) is 0 Å². The number of unbranched alkanes of at least 4 members (excludes halogenated alkanes) is 7. The van der Waals surface area contributed by atoms with Gasteiger partial charge in [0, 0.05) is 7.26 Å². The molecule has 0 spiro atoms. The molecule has 0 heterocycles. The minimum absolute atomic E-state index is 0.585. The van der Waals surface area contributed by atoms with E-state index in [1.54, 1.807) is 24.6 Å². The van der Waals surface area contributed by atoms with Crippen LogP contribution in [0.5, 0.6) is 0 Å². The highest BCUT2D eigenvalue weighted by molar-refractivity contribution is 7.75. The summed E-state index contributed by atoms with van der Waals surface area (Å²) in [6, 6.07) is 0. The van der Waals surface area contributed by atoms with Crippen LogP contribution in [-0.2, 0) is 0 Å². The largest absolute Gasteiger partial charge is 0.0654 e. The van der Waals surface area contributed by atoms with Crippen LogP contribution in [0.25, 0.3) is 0 Å². The first-order valence-corrected chi connectivity index (χ1v) is 12.1. The Kier molecular flexibility index (Phi) is 14.7. The average molecular weight is 302 g/mol. The van der Waals surface area contributed by atoms with E-state index in [1.807, 2.05) is 0 Å². The maximum Gasteiger partial charge on any atom is 0.0594 e. The molecule has 0 N–H and O–H groups in total. The second kappa shape index (κ2) is 14.4. The minimum Gasteiger partial charge on any atom is -0.0654 e. The molecule has 0 radical (unpaired) electrons. The van der Waals surface area contributed by atoms with Crippen molar-refractivity contribution in [3.8, 4) is 0 Å².